The molecule has 0 saturated carbocycles. The number of aryl methyl sites for hydroxylation is 1. The third kappa shape index (κ3) is 3.11. The van der Waals surface area contributed by atoms with Crippen molar-refractivity contribution in [3.05, 3.63) is 53.6 Å². The molecule has 0 aliphatic rings. The Hall–Kier alpha value is -2.00. The van der Waals surface area contributed by atoms with Gasteiger partial charge >= 0.3 is 0 Å². The van der Waals surface area contributed by atoms with Crippen LogP contribution in [0.2, 0.25) is 0 Å². The van der Waals surface area contributed by atoms with Gasteiger partial charge in [0.15, 0.2) is 11.5 Å². The zero-order chi connectivity index (χ0) is 14.5. The number of hydrogen-bond donors (Lipinski definition) is 1. The van der Waals surface area contributed by atoms with Gasteiger partial charge in [-0.1, -0.05) is 31.2 Å². The molecule has 0 heterocycles. The minimum atomic E-state index is -0.0768. The fourth-order valence-electron chi connectivity index (χ4n) is 2.08. The molecule has 3 nitrogen and oxygen atoms in total. The molecule has 3 heteroatoms. The maximum Gasteiger partial charge on any atom is 0.169 e. The highest BCUT2D eigenvalue weighted by Gasteiger charge is 2.11. The highest BCUT2D eigenvalue weighted by atomic mass is 16.5. The molecule has 0 aliphatic carbocycles. The summed E-state index contributed by atoms with van der Waals surface area (Å²) in [5.74, 6) is 2.21. The largest absolute Gasteiger partial charge is 0.493 e. The van der Waals surface area contributed by atoms with Crippen LogP contribution in [0.1, 0.15) is 31.0 Å². The van der Waals surface area contributed by atoms with Crippen LogP contribution in [-0.4, -0.2) is 7.11 Å². The topological polar surface area (TPSA) is 44.5 Å². The van der Waals surface area contributed by atoms with E-state index in [1.807, 2.05) is 49.4 Å². The molecule has 20 heavy (non-hydrogen) atoms. The number of ether oxygens (including phenoxy) is 2. The number of hydrogen-bond acceptors (Lipinski definition) is 3. The van der Waals surface area contributed by atoms with E-state index in [1.165, 1.54) is 5.56 Å². The zero-order valence-electron chi connectivity index (χ0n) is 12.2. The lowest BCUT2D eigenvalue weighted by Crippen LogP contribution is -2.06. The summed E-state index contributed by atoms with van der Waals surface area (Å²) in [7, 11) is 1.65. The van der Waals surface area contributed by atoms with Crippen molar-refractivity contribution in [2.24, 2.45) is 5.73 Å². The summed E-state index contributed by atoms with van der Waals surface area (Å²) in [6.07, 6.45) is 0.965. The van der Waals surface area contributed by atoms with E-state index in [-0.39, 0.29) is 6.04 Å². The second-order valence-electron chi connectivity index (χ2n) is 4.77. The Balaban J connectivity index is 2.35. The number of methoxy groups -OCH3 is 1. The average molecular weight is 271 g/mol. The van der Waals surface area contributed by atoms with Crippen molar-refractivity contribution in [1.29, 1.82) is 0 Å². The lowest BCUT2D eigenvalue weighted by Gasteiger charge is -2.16. The minimum absolute atomic E-state index is 0.0768. The van der Waals surface area contributed by atoms with Crippen molar-refractivity contribution in [2.45, 2.75) is 26.3 Å². The van der Waals surface area contributed by atoms with Gasteiger partial charge in [0, 0.05) is 11.6 Å². The van der Waals surface area contributed by atoms with E-state index in [0.717, 1.165) is 23.5 Å². The predicted octanol–water partition coefficient (Wildman–Crippen LogP) is 4.07. The molecule has 0 bridgehead atoms. The smallest absolute Gasteiger partial charge is 0.169 e. The summed E-state index contributed by atoms with van der Waals surface area (Å²) >= 11 is 0. The van der Waals surface area contributed by atoms with E-state index in [2.05, 4.69) is 6.92 Å². The van der Waals surface area contributed by atoms with Crippen molar-refractivity contribution < 1.29 is 9.47 Å². The molecular weight excluding hydrogens is 250 g/mol. The Bertz CT molecular complexity index is 579. The summed E-state index contributed by atoms with van der Waals surface area (Å²) in [4.78, 5) is 0. The van der Waals surface area contributed by atoms with Crippen LogP contribution in [0.5, 0.6) is 17.2 Å². The third-order valence-electron chi connectivity index (χ3n) is 3.27. The van der Waals surface area contributed by atoms with Crippen LogP contribution in [0.15, 0.2) is 42.5 Å². The molecule has 0 fully saturated rings. The van der Waals surface area contributed by atoms with Crippen LogP contribution >= 0.6 is 0 Å². The second kappa shape index (κ2) is 6.44. The predicted molar refractivity (Wildman–Crippen MR) is 81.5 cm³/mol. The lowest BCUT2D eigenvalue weighted by atomic mass is 10.1. The van der Waals surface area contributed by atoms with Gasteiger partial charge in [-0.15, -0.1) is 0 Å². The first-order valence-electron chi connectivity index (χ1n) is 6.85. The molecule has 0 spiro atoms. The molecule has 0 radical (unpaired) electrons. The van der Waals surface area contributed by atoms with Gasteiger partial charge in [-0.2, -0.15) is 0 Å². The third-order valence-corrected chi connectivity index (χ3v) is 3.27. The number of rotatable bonds is 5. The molecule has 0 aliphatic heterocycles. The van der Waals surface area contributed by atoms with Gasteiger partial charge in [0.2, 0.25) is 0 Å². The summed E-state index contributed by atoms with van der Waals surface area (Å²) in [6.45, 7) is 4.06. The first-order chi connectivity index (χ1) is 9.65. The summed E-state index contributed by atoms with van der Waals surface area (Å²) in [5.41, 5.74) is 8.17. The van der Waals surface area contributed by atoms with Crippen LogP contribution in [0.25, 0.3) is 0 Å². The molecule has 0 unspecified atom stereocenters. The molecule has 0 saturated heterocycles. The van der Waals surface area contributed by atoms with Crippen molar-refractivity contribution in [3.8, 4) is 17.2 Å². The molecule has 1 atom stereocenters. The molecule has 0 amide bonds. The van der Waals surface area contributed by atoms with Gasteiger partial charge in [0.05, 0.1) is 7.11 Å². The van der Waals surface area contributed by atoms with Crippen LogP contribution in [0.3, 0.4) is 0 Å². The van der Waals surface area contributed by atoms with E-state index in [1.54, 1.807) is 7.11 Å². The number of benzene rings is 2. The SMILES string of the molecule is CCc1ccc(Oc2ccccc2[C@H](C)N)c(OC)c1. The van der Waals surface area contributed by atoms with Gasteiger partial charge in [0.1, 0.15) is 5.75 Å². The molecule has 2 N–H and O–H groups in total. The first-order valence-corrected chi connectivity index (χ1v) is 6.85. The van der Waals surface area contributed by atoms with Crippen molar-refractivity contribution in [3.63, 3.8) is 0 Å². The van der Waals surface area contributed by atoms with Crippen molar-refractivity contribution in [2.75, 3.05) is 7.11 Å². The normalized spacial score (nSPS) is 12.0. The first kappa shape index (κ1) is 14.4. The lowest BCUT2D eigenvalue weighted by molar-refractivity contribution is 0.376. The van der Waals surface area contributed by atoms with E-state index >= 15 is 0 Å². The van der Waals surface area contributed by atoms with Crippen molar-refractivity contribution >= 4 is 0 Å². The van der Waals surface area contributed by atoms with Gasteiger partial charge < -0.3 is 15.2 Å². The van der Waals surface area contributed by atoms with E-state index in [0.29, 0.717) is 5.75 Å². The van der Waals surface area contributed by atoms with Gasteiger partial charge in [0.25, 0.3) is 0 Å². The Morgan fingerprint density at radius 1 is 1.05 bits per heavy atom. The highest BCUT2D eigenvalue weighted by Crippen LogP contribution is 2.35. The minimum Gasteiger partial charge on any atom is -0.493 e. The Labute approximate surface area is 120 Å². The molecule has 2 aromatic rings. The Kier molecular flexibility index (Phi) is 4.64. The maximum absolute atomic E-state index is 5.99. The second-order valence-corrected chi connectivity index (χ2v) is 4.77. The van der Waals surface area contributed by atoms with Gasteiger partial charge in [-0.25, -0.2) is 0 Å². The Morgan fingerprint density at radius 2 is 1.80 bits per heavy atom. The van der Waals surface area contributed by atoms with Gasteiger partial charge in [-0.05, 0) is 37.1 Å². The highest BCUT2D eigenvalue weighted by molar-refractivity contribution is 5.47. The monoisotopic (exact) mass is 271 g/mol. The zero-order valence-corrected chi connectivity index (χ0v) is 12.2. The maximum atomic E-state index is 5.99. The Morgan fingerprint density at radius 3 is 2.45 bits per heavy atom. The fourth-order valence-corrected chi connectivity index (χ4v) is 2.08. The molecular formula is C17H21NO2. The number of para-hydroxylation sites is 1. The molecule has 2 rings (SSSR count). The van der Waals surface area contributed by atoms with Crippen LogP contribution in [-0.2, 0) is 6.42 Å². The molecule has 106 valence electrons. The fraction of sp³-hybridized carbons (Fsp3) is 0.294. The average Bonchev–Trinajstić information content (AvgIpc) is 2.48. The van der Waals surface area contributed by atoms with E-state index in [9.17, 15) is 0 Å². The van der Waals surface area contributed by atoms with Crippen molar-refractivity contribution in [1.82, 2.24) is 0 Å². The van der Waals surface area contributed by atoms with Crippen LogP contribution in [0.4, 0.5) is 0 Å². The summed E-state index contributed by atoms with van der Waals surface area (Å²) < 4.78 is 11.4. The standard InChI is InChI=1S/C17H21NO2/c1-4-13-9-10-16(17(11-13)19-3)20-15-8-6-5-7-14(15)12(2)18/h5-12H,4,18H2,1-3H3/t12-/m0/s1. The number of nitrogens with two attached hydrogens (primary N) is 1. The quantitative estimate of drug-likeness (QED) is 0.891. The molecule has 2 aromatic carbocycles. The van der Waals surface area contributed by atoms with Crippen LogP contribution in [0, 0.1) is 0 Å². The summed E-state index contributed by atoms with van der Waals surface area (Å²) in [6, 6.07) is 13.7. The van der Waals surface area contributed by atoms with E-state index < -0.39 is 0 Å². The van der Waals surface area contributed by atoms with Crippen LogP contribution < -0.4 is 15.2 Å². The summed E-state index contributed by atoms with van der Waals surface area (Å²) in [5, 5.41) is 0. The van der Waals surface area contributed by atoms with Gasteiger partial charge in [-0.3, -0.25) is 0 Å². The van der Waals surface area contributed by atoms with E-state index in [4.69, 9.17) is 15.2 Å². The molecule has 0 aromatic heterocycles.